The number of hydrogen-bond acceptors (Lipinski definition) is 2. The van der Waals surface area contributed by atoms with Crippen LogP contribution in [0.1, 0.15) is 54.0 Å². The minimum absolute atomic E-state index is 0.243. The third-order valence-electron chi connectivity index (χ3n) is 5.54. The Hall–Kier alpha value is -2.62. The van der Waals surface area contributed by atoms with Crippen molar-refractivity contribution in [2.45, 2.75) is 46.5 Å². The maximum atomic E-state index is 4.89. The van der Waals surface area contributed by atoms with Gasteiger partial charge in [0.1, 0.15) is 11.6 Å². The summed E-state index contributed by atoms with van der Waals surface area (Å²) in [5.41, 5.74) is 8.08. The molecular weight excluding hydrogens is 308 g/mol. The quantitative estimate of drug-likeness (QED) is 0.537. The number of nitrogens with zero attached hydrogens (tertiary/aromatic N) is 2. The van der Waals surface area contributed by atoms with E-state index in [-0.39, 0.29) is 11.8 Å². The first kappa shape index (κ1) is 15.9. The van der Waals surface area contributed by atoms with Crippen molar-refractivity contribution in [2.75, 3.05) is 0 Å². The lowest BCUT2D eigenvalue weighted by Crippen LogP contribution is -2.08. The number of imidazole rings is 2. The summed E-state index contributed by atoms with van der Waals surface area (Å²) in [7, 11) is 0. The van der Waals surface area contributed by atoms with E-state index in [1.54, 1.807) is 0 Å². The third-order valence-corrected chi connectivity index (χ3v) is 5.54. The Bertz CT molecular complexity index is 1070. The van der Waals surface area contributed by atoms with Crippen LogP contribution in [0.5, 0.6) is 0 Å². The minimum atomic E-state index is 0.243. The van der Waals surface area contributed by atoms with Crippen LogP contribution < -0.4 is 0 Å². The number of hydrogen-bond donors (Lipinski definition) is 2. The summed E-state index contributed by atoms with van der Waals surface area (Å²) >= 11 is 0. The van der Waals surface area contributed by atoms with Crippen molar-refractivity contribution in [1.82, 2.24) is 19.9 Å². The standard InChI is InChI=1S/C21H24N4/c1-11-9-10-17-19(13(11)3)25-21(23-17)15(5)14(4)20-22-16-8-6-7-12(2)18(16)24-20/h6-10,14-15H,1-5H3,(H,22,24)(H,23,25). The zero-order valence-electron chi connectivity index (χ0n) is 15.4. The van der Waals surface area contributed by atoms with Gasteiger partial charge in [0, 0.05) is 11.8 Å². The summed E-state index contributed by atoms with van der Waals surface area (Å²) in [6, 6.07) is 10.5. The van der Waals surface area contributed by atoms with Crippen LogP contribution in [0.3, 0.4) is 0 Å². The highest BCUT2D eigenvalue weighted by atomic mass is 15.0. The van der Waals surface area contributed by atoms with E-state index >= 15 is 0 Å². The predicted molar refractivity (Wildman–Crippen MR) is 103 cm³/mol. The maximum Gasteiger partial charge on any atom is 0.110 e. The second-order valence-corrected chi connectivity index (χ2v) is 7.20. The molecule has 2 aromatic heterocycles. The fraction of sp³-hybridized carbons (Fsp3) is 0.333. The number of aromatic amines is 2. The third kappa shape index (κ3) is 2.53. The number of fused-ring (bicyclic) bond motifs is 2. The van der Waals surface area contributed by atoms with Crippen molar-refractivity contribution >= 4 is 22.1 Å². The van der Waals surface area contributed by atoms with Crippen LogP contribution in [-0.2, 0) is 0 Å². The molecule has 0 aliphatic rings. The largest absolute Gasteiger partial charge is 0.342 e. The van der Waals surface area contributed by atoms with Crippen molar-refractivity contribution in [3.63, 3.8) is 0 Å². The highest BCUT2D eigenvalue weighted by molar-refractivity contribution is 5.80. The molecule has 0 fully saturated rings. The molecule has 4 aromatic rings. The summed E-state index contributed by atoms with van der Waals surface area (Å²) in [5, 5.41) is 0. The van der Waals surface area contributed by atoms with Gasteiger partial charge in [-0.15, -0.1) is 0 Å². The Morgan fingerprint density at radius 1 is 0.720 bits per heavy atom. The average molecular weight is 332 g/mol. The molecule has 2 N–H and O–H groups in total. The molecule has 4 rings (SSSR count). The Kier molecular flexibility index (Phi) is 3.64. The number of benzene rings is 2. The summed E-state index contributed by atoms with van der Waals surface area (Å²) in [6.45, 7) is 10.8. The molecule has 0 amide bonds. The number of nitrogens with one attached hydrogen (secondary N) is 2. The summed E-state index contributed by atoms with van der Waals surface area (Å²) in [4.78, 5) is 16.7. The zero-order valence-corrected chi connectivity index (χ0v) is 15.4. The lowest BCUT2D eigenvalue weighted by molar-refractivity contribution is 0.573. The van der Waals surface area contributed by atoms with E-state index in [2.05, 4.69) is 74.9 Å². The second kappa shape index (κ2) is 5.73. The van der Waals surface area contributed by atoms with Gasteiger partial charge in [-0.05, 0) is 49.6 Å². The Balaban J connectivity index is 1.73. The van der Waals surface area contributed by atoms with Gasteiger partial charge in [0.15, 0.2) is 0 Å². The molecule has 4 heteroatoms. The van der Waals surface area contributed by atoms with Gasteiger partial charge < -0.3 is 9.97 Å². The molecule has 2 atom stereocenters. The molecule has 0 saturated heterocycles. The van der Waals surface area contributed by atoms with E-state index in [9.17, 15) is 0 Å². The Morgan fingerprint density at radius 2 is 1.32 bits per heavy atom. The molecule has 0 spiro atoms. The molecule has 0 aliphatic carbocycles. The SMILES string of the molecule is Cc1ccc2[nH]c(C(C)C(C)c3nc4c(C)cccc4[nH]3)nc2c1C. The van der Waals surface area contributed by atoms with Crippen LogP contribution in [-0.4, -0.2) is 19.9 Å². The van der Waals surface area contributed by atoms with Crippen LogP contribution in [0.25, 0.3) is 22.1 Å². The normalized spacial score (nSPS) is 14.3. The smallest absolute Gasteiger partial charge is 0.110 e. The van der Waals surface area contributed by atoms with E-state index in [0.29, 0.717) is 0 Å². The molecule has 25 heavy (non-hydrogen) atoms. The first-order chi connectivity index (χ1) is 12.0. The zero-order chi connectivity index (χ0) is 17.7. The molecule has 0 radical (unpaired) electrons. The number of rotatable bonds is 3. The van der Waals surface area contributed by atoms with Crippen LogP contribution in [0.2, 0.25) is 0 Å². The monoisotopic (exact) mass is 332 g/mol. The van der Waals surface area contributed by atoms with Crippen LogP contribution in [0.15, 0.2) is 30.3 Å². The molecule has 4 nitrogen and oxygen atoms in total. The van der Waals surface area contributed by atoms with Crippen LogP contribution in [0.4, 0.5) is 0 Å². The predicted octanol–water partition coefficient (Wildman–Crippen LogP) is 5.27. The van der Waals surface area contributed by atoms with Crippen molar-refractivity contribution < 1.29 is 0 Å². The van der Waals surface area contributed by atoms with E-state index in [1.165, 1.54) is 16.7 Å². The Morgan fingerprint density at radius 3 is 1.96 bits per heavy atom. The van der Waals surface area contributed by atoms with Gasteiger partial charge in [0.25, 0.3) is 0 Å². The van der Waals surface area contributed by atoms with Crippen molar-refractivity contribution in [3.8, 4) is 0 Å². The molecule has 2 aromatic carbocycles. The van der Waals surface area contributed by atoms with Gasteiger partial charge in [-0.3, -0.25) is 0 Å². The molecule has 0 aliphatic heterocycles. The molecule has 0 saturated carbocycles. The fourth-order valence-electron chi connectivity index (χ4n) is 3.43. The summed E-state index contributed by atoms with van der Waals surface area (Å²) in [5.74, 6) is 2.53. The van der Waals surface area contributed by atoms with Gasteiger partial charge in [-0.2, -0.15) is 0 Å². The highest BCUT2D eigenvalue weighted by Gasteiger charge is 2.23. The number of aryl methyl sites for hydroxylation is 3. The van der Waals surface area contributed by atoms with E-state index in [4.69, 9.17) is 9.97 Å². The Labute approximate surface area is 147 Å². The first-order valence-corrected chi connectivity index (χ1v) is 8.86. The van der Waals surface area contributed by atoms with E-state index in [1.807, 2.05) is 0 Å². The number of para-hydroxylation sites is 1. The molecule has 2 unspecified atom stereocenters. The van der Waals surface area contributed by atoms with Crippen molar-refractivity contribution in [3.05, 3.63) is 58.7 Å². The summed E-state index contributed by atoms with van der Waals surface area (Å²) < 4.78 is 0. The van der Waals surface area contributed by atoms with Crippen LogP contribution >= 0.6 is 0 Å². The first-order valence-electron chi connectivity index (χ1n) is 8.86. The topological polar surface area (TPSA) is 57.4 Å². The summed E-state index contributed by atoms with van der Waals surface area (Å²) in [6.07, 6.45) is 0. The van der Waals surface area contributed by atoms with Gasteiger partial charge >= 0.3 is 0 Å². The number of aromatic nitrogens is 4. The van der Waals surface area contributed by atoms with Crippen molar-refractivity contribution in [1.29, 1.82) is 0 Å². The van der Waals surface area contributed by atoms with Gasteiger partial charge in [-0.1, -0.05) is 32.0 Å². The molecule has 128 valence electrons. The lowest BCUT2D eigenvalue weighted by Gasteiger charge is -2.15. The lowest BCUT2D eigenvalue weighted by atomic mass is 9.95. The van der Waals surface area contributed by atoms with Gasteiger partial charge in [0.2, 0.25) is 0 Å². The molecule has 0 bridgehead atoms. The van der Waals surface area contributed by atoms with Crippen LogP contribution in [0, 0.1) is 20.8 Å². The minimum Gasteiger partial charge on any atom is -0.342 e. The maximum absolute atomic E-state index is 4.89. The average Bonchev–Trinajstić information content (AvgIpc) is 3.22. The fourth-order valence-corrected chi connectivity index (χ4v) is 3.43. The van der Waals surface area contributed by atoms with E-state index < -0.39 is 0 Å². The van der Waals surface area contributed by atoms with Crippen molar-refractivity contribution in [2.24, 2.45) is 0 Å². The van der Waals surface area contributed by atoms with Gasteiger partial charge in [-0.25, -0.2) is 9.97 Å². The highest BCUT2D eigenvalue weighted by Crippen LogP contribution is 2.32. The molecule has 2 heterocycles. The van der Waals surface area contributed by atoms with Gasteiger partial charge in [0.05, 0.1) is 22.1 Å². The molecular formula is C21H24N4. The van der Waals surface area contributed by atoms with E-state index in [0.717, 1.165) is 33.7 Å². The second-order valence-electron chi connectivity index (χ2n) is 7.20. The number of H-pyrrole nitrogens is 2.